The lowest BCUT2D eigenvalue weighted by Gasteiger charge is -2.25. The molecule has 126 valence electrons. The summed E-state index contributed by atoms with van der Waals surface area (Å²) < 4.78 is 5.64. The molecule has 1 saturated heterocycles. The van der Waals surface area contributed by atoms with Gasteiger partial charge in [-0.3, -0.25) is 4.79 Å². The number of primary amides is 1. The van der Waals surface area contributed by atoms with E-state index >= 15 is 0 Å². The number of carbonyl (C=O) groups excluding carboxylic acids is 2. The molecule has 0 aliphatic carbocycles. The van der Waals surface area contributed by atoms with Crippen LogP contribution in [0.5, 0.6) is 5.75 Å². The molecule has 1 fully saturated rings. The van der Waals surface area contributed by atoms with Crippen LogP contribution in [-0.2, 0) is 4.79 Å². The van der Waals surface area contributed by atoms with Crippen LogP contribution in [0.1, 0.15) is 13.3 Å². The number of nitrogens with two attached hydrogens (primary N) is 1. The second-order valence-corrected chi connectivity index (χ2v) is 6.24. The molecule has 1 heterocycles. The van der Waals surface area contributed by atoms with Gasteiger partial charge in [0.25, 0.3) is 5.91 Å². The van der Waals surface area contributed by atoms with Gasteiger partial charge in [0, 0.05) is 36.2 Å². The molecule has 1 aliphatic rings. The van der Waals surface area contributed by atoms with Gasteiger partial charge in [-0.05, 0) is 31.5 Å². The fourth-order valence-corrected chi connectivity index (χ4v) is 2.97. The second-order valence-electron chi connectivity index (χ2n) is 5.37. The zero-order valence-electron chi connectivity index (χ0n) is 12.8. The van der Waals surface area contributed by atoms with E-state index in [0.717, 1.165) is 0 Å². The van der Waals surface area contributed by atoms with Crippen LogP contribution in [0.15, 0.2) is 18.2 Å². The summed E-state index contributed by atoms with van der Waals surface area (Å²) in [4.78, 5) is 26.9. The summed E-state index contributed by atoms with van der Waals surface area (Å²) in [7, 11) is 0. The average Bonchev–Trinajstić information content (AvgIpc) is 2.71. The molecular formula is C15H19Cl2N3O3. The summed E-state index contributed by atoms with van der Waals surface area (Å²) in [5.74, 6) is 0.296. The number of urea groups is 1. The topological polar surface area (TPSA) is 75.9 Å². The van der Waals surface area contributed by atoms with Gasteiger partial charge < -0.3 is 20.3 Å². The predicted molar refractivity (Wildman–Crippen MR) is 88.9 cm³/mol. The fraction of sp³-hybridized carbons (Fsp3) is 0.467. The molecule has 0 unspecified atom stereocenters. The first-order chi connectivity index (χ1) is 10.9. The van der Waals surface area contributed by atoms with Crippen LogP contribution in [0.2, 0.25) is 10.0 Å². The van der Waals surface area contributed by atoms with E-state index in [1.807, 2.05) is 0 Å². The first kappa shape index (κ1) is 17.7. The van der Waals surface area contributed by atoms with Crippen LogP contribution < -0.4 is 10.5 Å². The molecule has 0 saturated carbocycles. The number of benzene rings is 1. The molecule has 8 heteroatoms. The van der Waals surface area contributed by atoms with Gasteiger partial charge in [-0.1, -0.05) is 23.2 Å². The van der Waals surface area contributed by atoms with Crippen molar-refractivity contribution in [2.24, 2.45) is 5.73 Å². The minimum absolute atomic E-state index is 0.146. The van der Waals surface area contributed by atoms with Crippen molar-refractivity contribution in [1.29, 1.82) is 0 Å². The van der Waals surface area contributed by atoms with Gasteiger partial charge in [0.15, 0.2) is 6.10 Å². The van der Waals surface area contributed by atoms with E-state index < -0.39 is 12.1 Å². The Hall–Kier alpha value is -1.66. The van der Waals surface area contributed by atoms with E-state index in [1.165, 1.54) is 4.90 Å². The molecular weight excluding hydrogens is 341 g/mol. The summed E-state index contributed by atoms with van der Waals surface area (Å²) in [6.45, 7) is 3.65. The Labute approximate surface area is 145 Å². The largest absolute Gasteiger partial charge is 0.481 e. The Morgan fingerprint density at radius 1 is 1.09 bits per heavy atom. The number of hydrogen-bond donors (Lipinski definition) is 1. The van der Waals surface area contributed by atoms with E-state index in [2.05, 4.69) is 0 Å². The Morgan fingerprint density at radius 3 is 2.26 bits per heavy atom. The molecule has 23 heavy (non-hydrogen) atoms. The standard InChI is InChI=1S/C15H19Cl2N3O3/c1-10(23-13-8-11(16)7-12(17)9-13)14(21)19-3-2-4-20(6-5-19)15(18)22/h7-10H,2-6H2,1H3,(H2,18,22)/t10-/m1/s1. The molecule has 1 aromatic rings. The van der Waals surface area contributed by atoms with Gasteiger partial charge in [-0.15, -0.1) is 0 Å². The van der Waals surface area contributed by atoms with Crippen molar-refractivity contribution in [3.05, 3.63) is 28.2 Å². The third-order valence-electron chi connectivity index (χ3n) is 3.62. The molecule has 0 radical (unpaired) electrons. The molecule has 3 amide bonds. The first-order valence-electron chi connectivity index (χ1n) is 7.32. The highest BCUT2D eigenvalue weighted by Gasteiger charge is 2.25. The lowest BCUT2D eigenvalue weighted by molar-refractivity contribution is -0.137. The monoisotopic (exact) mass is 359 g/mol. The summed E-state index contributed by atoms with van der Waals surface area (Å²) in [5, 5.41) is 0.887. The molecule has 0 aromatic heterocycles. The Balaban J connectivity index is 1.97. The maximum Gasteiger partial charge on any atom is 0.314 e. The van der Waals surface area contributed by atoms with Crippen LogP contribution in [-0.4, -0.2) is 54.0 Å². The van der Waals surface area contributed by atoms with Crippen LogP contribution in [0, 0.1) is 0 Å². The van der Waals surface area contributed by atoms with Crippen LogP contribution in [0.3, 0.4) is 0 Å². The summed E-state index contributed by atoms with van der Waals surface area (Å²) >= 11 is 11.8. The molecule has 1 atom stereocenters. The molecule has 1 aliphatic heterocycles. The van der Waals surface area contributed by atoms with Gasteiger partial charge in [-0.25, -0.2) is 4.79 Å². The Kier molecular flexibility index (Phi) is 5.96. The Morgan fingerprint density at radius 2 is 1.65 bits per heavy atom. The highest BCUT2D eigenvalue weighted by Crippen LogP contribution is 2.25. The van der Waals surface area contributed by atoms with Crippen LogP contribution in [0.25, 0.3) is 0 Å². The minimum atomic E-state index is -0.676. The maximum atomic E-state index is 12.5. The lowest BCUT2D eigenvalue weighted by Crippen LogP contribution is -2.43. The number of carbonyl (C=O) groups is 2. The van der Waals surface area contributed by atoms with Gasteiger partial charge in [0.1, 0.15) is 5.75 Å². The zero-order chi connectivity index (χ0) is 17.0. The summed E-state index contributed by atoms with van der Waals surface area (Å²) in [6.07, 6.45) is 0.00867. The average molecular weight is 360 g/mol. The van der Waals surface area contributed by atoms with Crippen molar-refractivity contribution in [2.45, 2.75) is 19.4 Å². The van der Waals surface area contributed by atoms with Gasteiger partial charge in [0.2, 0.25) is 0 Å². The molecule has 0 spiro atoms. The van der Waals surface area contributed by atoms with Crippen molar-refractivity contribution in [3.8, 4) is 5.75 Å². The number of nitrogens with zero attached hydrogens (tertiary/aromatic N) is 2. The van der Waals surface area contributed by atoms with E-state index in [4.69, 9.17) is 33.7 Å². The maximum absolute atomic E-state index is 12.5. The SMILES string of the molecule is C[C@@H](Oc1cc(Cl)cc(Cl)c1)C(=O)N1CCCN(C(N)=O)CC1. The molecule has 2 rings (SSSR count). The summed E-state index contributed by atoms with van der Waals surface area (Å²) in [6, 6.07) is 4.34. The Bertz CT molecular complexity index is 577. The lowest BCUT2D eigenvalue weighted by atomic mass is 10.3. The highest BCUT2D eigenvalue weighted by molar-refractivity contribution is 6.34. The number of halogens is 2. The molecule has 6 nitrogen and oxygen atoms in total. The third kappa shape index (κ3) is 4.91. The third-order valence-corrected chi connectivity index (χ3v) is 4.05. The zero-order valence-corrected chi connectivity index (χ0v) is 14.3. The van der Waals surface area contributed by atoms with Crippen molar-refractivity contribution >= 4 is 35.1 Å². The van der Waals surface area contributed by atoms with E-state index in [0.29, 0.717) is 48.4 Å². The van der Waals surface area contributed by atoms with E-state index in [1.54, 1.807) is 30.0 Å². The molecule has 1 aromatic carbocycles. The number of amides is 3. The fourth-order valence-electron chi connectivity index (χ4n) is 2.47. The normalized spacial score (nSPS) is 16.7. The van der Waals surface area contributed by atoms with Gasteiger partial charge in [0.05, 0.1) is 0 Å². The summed E-state index contributed by atoms with van der Waals surface area (Å²) in [5.41, 5.74) is 5.28. The number of ether oxygens (including phenoxy) is 1. The van der Waals surface area contributed by atoms with Gasteiger partial charge >= 0.3 is 6.03 Å². The predicted octanol–water partition coefficient (Wildman–Crippen LogP) is 2.37. The van der Waals surface area contributed by atoms with Crippen LogP contribution >= 0.6 is 23.2 Å². The molecule has 0 bridgehead atoms. The van der Waals surface area contributed by atoms with Crippen LogP contribution in [0.4, 0.5) is 4.79 Å². The van der Waals surface area contributed by atoms with E-state index in [-0.39, 0.29) is 5.91 Å². The number of rotatable bonds is 3. The van der Waals surface area contributed by atoms with E-state index in [9.17, 15) is 9.59 Å². The van der Waals surface area contributed by atoms with Crippen molar-refractivity contribution < 1.29 is 14.3 Å². The van der Waals surface area contributed by atoms with Crippen molar-refractivity contribution in [2.75, 3.05) is 26.2 Å². The molecule has 2 N–H and O–H groups in total. The highest BCUT2D eigenvalue weighted by atomic mass is 35.5. The smallest absolute Gasteiger partial charge is 0.314 e. The first-order valence-corrected chi connectivity index (χ1v) is 8.08. The van der Waals surface area contributed by atoms with Gasteiger partial charge in [-0.2, -0.15) is 0 Å². The number of hydrogen-bond acceptors (Lipinski definition) is 3. The van der Waals surface area contributed by atoms with Crippen molar-refractivity contribution in [3.63, 3.8) is 0 Å². The second kappa shape index (κ2) is 7.75. The quantitative estimate of drug-likeness (QED) is 0.899. The van der Waals surface area contributed by atoms with Crippen molar-refractivity contribution in [1.82, 2.24) is 9.80 Å². The minimum Gasteiger partial charge on any atom is -0.481 e.